The fourth-order valence-electron chi connectivity index (χ4n) is 2.86. The number of thiophene rings is 1. The number of carbonyl (C=O) groups is 4. The molecule has 30 heavy (non-hydrogen) atoms. The third kappa shape index (κ3) is 5.44. The van der Waals surface area contributed by atoms with Crippen molar-refractivity contribution in [1.82, 2.24) is 5.32 Å². The Labute approximate surface area is 178 Å². The van der Waals surface area contributed by atoms with Crippen molar-refractivity contribution in [2.45, 2.75) is 34.1 Å². The highest BCUT2D eigenvalue weighted by atomic mass is 32.1. The second-order valence-electron chi connectivity index (χ2n) is 6.58. The van der Waals surface area contributed by atoms with E-state index in [1.54, 1.807) is 13.8 Å². The van der Waals surface area contributed by atoms with E-state index >= 15 is 0 Å². The van der Waals surface area contributed by atoms with Crippen LogP contribution in [0, 0.1) is 20.8 Å². The second-order valence-corrected chi connectivity index (χ2v) is 7.60. The predicted octanol–water partition coefficient (Wildman–Crippen LogP) is 3.53. The lowest BCUT2D eigenvalue weighted by atomic mass is 10.0. The number of aryl methyl sites for hydroxylation is 2. The lowest BCUT2D eigenvalue weighted by Crippen LogP contribution is -2.31. The quantitative estimate of drug-likeness (QED) is 0.676. The van der Waals surface area contributed by atoms with E-state index in [-0.39, 0.29) is 34.4 Å². The highest BCUT2D eigenvalue weighted by Gasteiger charge is 2.27. The largest absolute Gasteiger partial charge is 0.462 e. The van der Waals surface area contributed by atoms with Crippen LogP contribution < -0.4 is 10.6 Å². The Morgan fingerprint density at radius 3 is 2.40 bits per heavy atom. The van der Waals surface area contributed by atoms with E-state index in [0.717, 1.165) is 35.1 Å². The Morgan fingerprint density at radius 2 is 1.80 bits per heavy atom. The van der Waals surface area contributed by atoms with Gasteiger partial charge < -0.3 is 14.8 Å². The zero-order valence-corrected chi connectivity index (χ0v) is 18.3. The van der Waals surface area contributed by atoms with Gasteiger partial charge in [0.1, 0.15) is 9.88 Å². The zero-order valence-electron chi connectivity index (χ0n) is 17.5. The summed E-state index contributed by atoms with van der Waals surface area (Å²) in [4.78, 5) is 49.1. The molecule has 9 heteroatoms. The summed E-state index contributed by atoms with van der Waals surface area (Å²) in [6.07, 6.45) is -0.855. The van der Waals surface area contributed by atoms with Crippen molar-refractivity contribution >= 4 is 40.2 Å². The van der Waals surface area contributed by atoms with Crippen molar-refractivity contribution in [2.75, 3.05) is 19.0 Å². The van der Waals surface area contributed by atoms with E-state index in [2.05, 4.69) is 15.4 Å². The molecule has 0 spiro atoms. The molecule has 0 aliphatic rings. The van der Waals surface area contributed by atoms with Crippen molar-refractivity contribution in [3.63, 3.8) is 0 Å². The predicted molar refractivity (Wildman–Crippen MR) is 113 cm³/mol. The number of esters is 1. The summed E-state index contributed by atoms with van der Waals surface area (Å²) in [6, 6.07) is 5.77. The molecule has 0 saturated carbocycles. The highest BCUT2D eigenvalue weighted by molar-refractivity contribution is 7.18. The molecule has 0 saturated heterocycles. The molecule has 1 aromatic heterocycles. The molecule has 0 unspecified atom stereocenters. The number of hydrogen-bond acceptors (Lipinski definition) is 7. The van der Waals surface area contributed by atoms with Crippen LogP contribution in [0.15, 0.2) is 18.2 Å². The molecular formula is C21H24N2O6S. The number of carbonyl (C=O) groups excluding carboxylic acids is 4. The van der Waals surface area contributed by atoms with Gasteiger partial charge in [0.15, 0.2) is 0 Å². The SMILES string of the molecule is CCOC(=O)c1sc(NC(=O)Cc2ccc(C)cc2C)c(C(=O)NC(=O)OC)c1C. The van der Waals surface area contributed by atoms with Crippen LogP contribution in [0.25, 0.3) is 0 Å². The summed E-state index contributed by atoms with van der Waals surface area (Å²) in [5, 5.41) is 4.90. The highest BCUT2D eigenvalue weighted by Crippen LogP contribution is 2.34. The topological polar surface area (TPSA) is 111 Å². The van der Waals surface area contributed by atoms with Gasteiger partial charge in [-0.2, -0.15) is 0 Å². The molecule has 0 aliphatic carbocycles. The Bertz CT molecular complexity index is 996. The number of imide groups is 1. The first-order valence-corrected chi connectivity index (χ1v) is 10.0. The van der Waals surface area contributed by atoms with E-state index in [0.29, 0.717) is 5.56 Å². The lowest BCUT2D eigenvalue weighted by Gasteiger charge is -2.09. The first-order valence-electron chi connectivity index (χ1n) is 9.23. The van der Waals surface area contributed by atoms with E-state index in [1.165, 1.54) is 0 Å². The number of rotatable bonds is 6. The third-order valence-corrected chi connectivity index (χ3v) is 5.52. The second kappa shape index (κ2) is 10.0. The Morgan fingerprint density at radius 1 is 1.10 bits per heavy atom. The first kappa shape index (κ1) is 23.1. The molecule has 160 valence electrons. The van der Waals surface area contributed by atoms with E-state index in [9.17, 15) is 19.2 Å². The number of ether oxygens (including phenoxy) is 2. The average Bonchev–Trinajstić information content (AvgIpc) is 3.00. The normalized spacial score (nSPS) is 10.3. The van der Waals surface area contributed by atoms with Crippen molar-refractivity contribution in [3.8, 4) is 0 Å². The van der Waals surface area contributed by atoms with Gasteiger partial charge in [0.2, 0.25) is 5.91 Å². The van der Waals surface area contributed by atoms with Crippen LogP contribution in [0.4, 0.5) is 9.80 Å². The number of nitrogens with one attached hydrogen (secondary N) is 2. The minimum absolute atomic E-state index is 0.0161. The van der Waals surface area contributed by atoms with Crippen LogP contribution in [-0.4, -0.2) is 37.6 Å². The number of anilines is 1. The fraction of sp³-hybridized carbons (Fsp3) is 0.333. The van der Waals surface area contributed by atoms with Gasteiger partial charge in [-0.05, 0) is 44.4 Å². The molecule has 0 radical (unpaired) electrons. The zero-order chi connectivity index (χ0) is 22.4. The van der Waals surface area contributed by atoms with Crippen LogP contribution in [0.5, 0.6) is 0 Å². The van der Waals surface area contributed by atoms with Gasteiger partial charge in [0.25, 0.3) is 5.91 Å². The van der Waals surface area contributed by atoms with Gasteiger partial charge in [-0.25, -0.2) is 9.59 Å². The Kier molecular flexibility index (Phi) is 7.71. The molecule has 2 rings (SSSR count). The van der Waals surface area contributed by atoms with Crippen molar-refractivity contribution in [2.24, 2.45) is 0 Å². The number of benzene rings is 1. The third-order valence-electron chi connectivity index (χ3n) is 4.34. The standard InChI is InChI=1S/C21H24N2O6S/c1-6-29-20(26)17-13(4)16(18(25)23-21(27)28-5)19(30-17)22-15(24)10-14-8-7-11(2)9-12(14)3/h7-9H,6,10H2,1-5H3,(H,22,24)(H,23,25,27). The van der Waals surface area contributed by atoms with Gasteiger partial charge >= 0.3 is 12.1 Å². The van der Waals surface area contributed by atoms with Crippen LogP contribution in [0.3, 0.4) is 0 Å². The van der Waals surface area contributed by atoms with Gasteiger partial charge in [0.05, 0.1) is 25.7 Å². The summed E-state index contributed by atoms with van der Waals surface area (Å²) in [7, 11) is 1.12. The summed E-state index contributed by atoms with van der Waals surface area (Å²) in [5.74, 6) is -1.75. The first-order chi connectivity index (χ1) is 14.2. The van der Waals surface area contributed by atoms with Gasteiger partial charge in [-0.3, -0.25) is 14.9 Å². The number of methoxy groups -OCH3 is 1. The maximum Gasteiger partial charge on any atom is 0.413 e. The molecule has 0 bridgehead atoms. The molecule has 3 amide bonds. The molecule has 0 atom stereocenters. The molecule has 0 fully saturated rings. The van der Waals surface area contributed by atoms with E-state index in [1.807, 2.05) is 32.0 Å². The summed E-state index contributed by atoms with van der Waals surface area (Å²) >= 11 is 0.923. The Balaban J connectivity index is 2.35. The van der Waals surface area contributed by atoms with Crippen LogP contribution >= 0.6 is 11.3 Å². The molecule has 2 N–H and O–H groups in total. The maximum atomic E-state index is 12.6. The van der Waals surface area contributed by atoms with Gasteiger partial charge in [-0.15, -0.1) is 11.3 Å². The van der Waals surface area contributed by atoms with Crippen molar-refractivity contribution in [3.05, 3.63) is 50.9 Å². The molecule has 0 aliphatic heterocycles. The molecule has 8 nitrogen and oxygen atoms in total. The summed E-state index contributed by atoms with van der Waals surface area (Å²) in [6.45, 7) is 7.26. The minimum Gasteiger partial charge on any atom is -0.462 e. The van der Waals surface area contributed by atoms with Gasteiger partial charge in [-0.1, -0.05) is 23.8 Å². The molecule has 2 aromatic rings. The van der Waals surface area contributed by atoms with E-state index < -0.39 is 18.0 Å². The van der Waals surface area contributed by atoms with Crippen LogP contribution in [0.2, 0.25) is 0 Å². The van der Waals surface area contributed by atoms with E-state index in [4.69, 9.17) is 4.74 Å². The summed E-state index contributed by atoms with van der Waals surface area (Å²) in [5.41, 5.74) is 3.23. The molecule has 1 aromatic carbocycles. The van der Waals surface area contributed by atoms with Crippen LogP contribution in [-0.2, 0) is 20.7 Å². The summed E-state index contributed by atoms with van der Waals surface area (Å²) < 4.78 is 9.47. The smallest absolute Gasteiger partial charge is 0.413 e. The van der Waals surface area contributed by atoms with Crippen LogP contribution in [0.1, 0.15) is 49.2 Å². The minimum atomic E-state index is -0.948. The lowest BCUT2D eigenvalue weighted by molar-refractivity contribution is -0.115. The molecule has 1 heterocycles. The Hall–Kier alpha value is -3.20. The fourth-order valence-corrected chi connectivity index (χ4v) is 3.97. The number of hydrogen-bond donors (Lipinski definition) is 2. The number of amides is 3. The van der Waals surface area contributed by atoms with Crippen molar-refractivity contribution in [1.29, 1.82) is 0 Å². The van der Waals surface area contributed by atoms with Gasteiger partial charge in [0, 0.05) is 0 Å². The van der Waals surface area contributed by atoms with Crippen molar-refractivity contribution < 1.29 is 28.7 Å². The average molecular weight is 432 g/mol. The monoisotopic (exact) mass is 432 g/mol. The maximum absolute atomic E-state index is 12.6. The molecular weight excluding hydrogens is 408 g/mol. The number of alkyl carbamates (subject to hydrolysis) is 1.